The van der Waals surface area contributed by atoms with Crippen LogP contribution < -0.4 is 5.43 Å². The fourth-order valence-electron chi connectivity index (χ4n) is 3.07. The van der Waals surface area contributed by atoms with Crippen molar-refractivity contribution in [3.8, 4) is 16.3 Å². The molecule has 4 rings (SSSR count). The third kappa shape index (κ3) is 3.52. The summed E-state index contributed by atoms with van der Waals surface area (Å²) in [5, 5.41) is 13.1. The van der Waals surface area contributed by atoms with Crippen LogP contribution in [0, 0.1) is 13.8 Å². The van der Waals surface area contributed by atoms with Crippen LogP contribution in [0.25, 0.3) is 16.3 Å². The van der Waals surface area contributed by atoms with Gasteiger partial charge in [0.15, 0.2) is 0 Å². The van der Waals surface area contributed by atoms with Crippen molar-refractivity contribution in [1.82, 2.24) is 20.2 Å². The van der Waals surface area contributed by atoms with E-state index in [1.165, 1.54) is 0 Å². The molecular formula is C21H19N5OS. The minimum atomic E-state index is -0.259. The molecular weight excluding hydrogens is 370 g/mol. The van der Waals surface area contributed by atoms with Gasteiger partial charge in [0.25, 0.3) is 5.91 Å². The Labute approximate surface area is 166 Å². The first-order valence-electron chi connectivity index (χ1n) is 8.79. The van der Waals surface area contributed by atoms with Gasteiger partial charge < -0.3 is 4.57 Å². The molecule has 0 aliphatic carbocycles. The molecule has 1 aromatic carbocycles. The monoisotopic (exact) mass is 389 g/mol. The Hall–Kier alpha value is -3.45. The van der Waals surface area contributed by atoms with Crippen LogP contribution in [0.1, 0.15) is 27.3 Å². The van der Waals surface area contributed by atoms with Crippen LogP contribution in [0.2, 0.25) is 0 Å². The van der Waals surface area contributed by atoms with Crippen molar-refractivity contribution in [2.75, 3.05) is 0 Å². The summed E-state index contributed by atoms with van der Waals surface area (Å²) >= 11 is 1.61. The number of aryl methyl sites for hydroxylation is 2. The Morgan fingerprint density at radius 3 is 2.57 bits per heavy atom. The lowest BCUT2D eigenvalue weighted by Crippen LogP contribution is -2.17. The summed E-state index contributed by atoms with van der Waals surface area (Å²) in [5.74, 6) is -0.259. The van der Waals surface area contributed by atoms with Crippen molar-refractivity contribution in [2.24, 2.45) is 5.10 Å². The minimum absolute atomic E-state index is 0.259. The highest BCUT2D eigenvalue weighted by Crippen LogP contribution is 2.24. The molecule has 0 atom stereocenters. The van der Waals surface area contributed by atoms with E-state index in [4.69, 9.17) is 0 Å². The maximum absolute atomic E-state index is 12.4. The summed E-state index contributed by atoms with van der Waals surface area (Å²) in [7, 11) is 0. The van der Waals surface area contributed by atoms with Gasteiger partial charge in [-0.2, -0.15) is 10.2 Å². The average molecular weight is 389 g/mol. The highest BCUT2D eigenvalue weighted by Gasteiger charge is 2.09. The molecule has 2 N–H and O–H groups in total. The molecule has 0 aliphatic rings. The molecule has 4 aromatic rings. The average Bonchev–Trinajstić information content (AvgIpc) is 3.43. The number of aromatic nitrogens is 3. The Bertz CT molecular complexity index is 1100. The van der Waals surface area contributed by atoms with Crippen LogP contribution in [0.4, 0.5) is 0 Å². The Morgan fingerprint density at radius 1 is 1.14 bits per heavy atom. The van der Waals surface area contributed by atoms with Crippen molar-refractivity contribution in [3.05, 3.63) is 82.6 Å². The molecule has 0 radical (unpaired) electrons. The maximum atomic E-state index is 12.4. The number of amides is 1. The predicted molar refractivity (Wildman–Crippen MR) is 112 cm³/mol. The van der Waals surface area contributed by atoms with E-state index in [2.05, 4.69) is 51.3 Å². The third-order valence-electron chi connectivity index (χ3n) is 4.46. The normalized spacial score (nSPS) is 11.2. The van der Waals surface area contributed by atoms with Gasteiger partial charge in [-0.05, 0) is 61.7 Å². The minimum Gasteiger partial charge on any atom is -0.319 e. The van der Waals surface area contributed by atoms with Gasteiger partial charge in [0.05, 0.1) is 23.0 Å². The maximum Gasteiger partial charge on any atom is 0.271 e. The number of benzene rings is 1. The van der Waals surface area contributed by atoms with Crippen LogP contribution in [0.5, 0.6) is 0 Å². The number of aromatic amines is 1. The molecule has 1 amide bonds. The molecule has 6 nitrogen and oxygen atoms in total. The highest BCUT2D eigenvalue weighted by atomic mass is 32.1. The lowest BCUT2D eigenvalue weighted by molar-refractivity contribution is 0.0955. The van der Waals surface area contributed by atoms with E-state index >= 15 is 0 Å². The number of rotatable bonds is 5. The van der Waals surface area contributed by atoms with Gasteiger partial charge in [-0.1, -0.05) is 6.07 Å². The Kier molecular flexibility index (Phi) is 4.90. The van der Waals surface area contributed by atoms with E-state index in [9.17, 15) is 4.79 Å². The standard InChI is InChI=1S/C21H19N5OS/c1-14-5-6-15(2)26(14)18-9-7-16(8-10-18)21(27)25-23-13-17-12-22-24-20(17)19-4-3-11-28-19/h3-13H,1-2H3,(H,22,24)(H,25,27)/b23-13+. The molecule has 0 unspecified atom stereocenters. The first-order valence-corrected chi connectivity index (χ1v) is 9.67. The first kappa shape index (κ1) is 17.9. The number of nitrogens with zero attached hydrogens (tertiary/aromatic N) is 3. The topological polar surface area (TPSA) is 75.1 Å². The van der Waals surface area contributed by atoms with Crippen molar-refractivity contribution in [3.63, 3.8) is 0 Å². The summed E-state index contributed by atoms with van der Waals surface area (Å²) in [6.45, 7) is 4.12. The molecule has 0 saturated heterocycles. The highest BCUT2D eigenvalue weighted by molar-refractivity contribution is 7.13. The number of nitrogens with one attached hydrogen (secondary N) is 2. The lowest BCUT2D eigenvalue weighted by Gasteiger charge is -2.10. The van der Waals surface area contributed by atoms with Crippen molar-refractivity contribution in [2.45, 2.75) is 13.8 Å². The second-order valence-electron chi connectivity index (χ2n) is 6.38. The molecule has 0 bridgehead atoms. The molecule has 7 heteroatoms. The molecule has 0 spiro atoms. The number of carbonyl (C=O) groups is 1. The van der Waals surface area contributed by atoms with Crippen molar-refractivity contribution < 1.29 is 4.79 Å². The van der Waals surface area contributed by atoms with Crippen molar-refractivity contribution >= 4 is 23.5 Å². The van der Waals surface area contributed by atoms with E-state index in [-0.39, 0.29) is 5.91 Å². The van der Waals surface area contributed by atoms with Gasteiger partial charge in [-0.3, -0.25) is 9.89 Å². The lowest BCUT2D eigenvalue weighted by atomic mass is 10.2. The molecule has 0 fully saturated rings. The van der Waals surface area contributed by atoms with Gasteiger partial charge in [-0.15, -0.1) is 11.3 Å². The zero-order valence-corrected chi connectivity index (χ0v) is 16.3. The SMILES string of the molecule is Cc1ccc(C)n1-c1ccc(C(=O)N/N=C/c2cn[nH]c2-c2cccs2)cc1. The summed E-state index contributed by atoms with van der Waals surface area (Å²) in [6, 6.07) is 15.6. The van der Waals surface area contributed by atoms with Crippen LogP contribution in [-0.2, 0) is 0 Å². The van der Waals surface area contributed by atoms with Crippen molar-refractivity contribution in [1.29, 1.82) is 0 Å². The van der Waals surface area contributed by atoms with Crippen LogP contribution in [0.3, 0.4) is 0 Å². The van der Waals surface area contributed by atoms with Gasteiger partial charge in [0.2, 0.25) is 0 Å². The zero-order valence-electron chi connectivity index (χ0n) is 15.5. The number of carbonyl (C=O) groups excluding carboxylic acids is 1. The number of thiophene rings is 1. The Balaban J connectivity index is 1.45. The molecule has 0 saturated carbocycles. The molecule has 0 aliphatic heterocycles. The van der Waals surface area contributed by atoms with E-state index in [0.29, 0.717) is 5.56 Å². The second-order valence-corrected chi connectivity index (χ2v) is 7.32. The van der Waals surface area contributed by atoms with E-state index in [1.807, 2.05) is 29.6 Å². The fraction of sp³-hybridized carbons (Fsp3) is 0.0952. The van der Waals surface area contributed by atoms with Gasteiger partial charge >= 0.3 is 0 Å². The van der Waals surface area contributed by atoms with E-state index in [0.717, 1.165) is 33.2 Å². The zero-order chi connectivity index (χ0) is 19.5. The van der Waals surface area contributed by atoms with Crippen LogP contribution in [0.15, 0.2) is 65.2 Å². The van der Waals surface area contributed by atoms with E-state index < -0.39 is 0 Å². The smallest absolute Gasteiger partial charge is 0.271 e. The molecule has 3 heterocycles. The number of hydrogen-bond acceptors (Lipinski definition) is 4. The fourth-order valence-corrected chi connectivity index (χ4v) is 3.82. The number of hydrazone groups is 1. The quantitative estimate of drug-likeness (QED) is 0.394. The van der Waals surface area contributed by atoms with Crippen LogP contribution >= 0.6 is 11.3 Å². The third-order valence-corrected chi connectivity index (χ3v) is 5.35. The summed E-state index contributed by atoms with van der Waals surface area (Å²) in [6.07, 6.45) is 3.28. The van der Waals surface area contributed by atoms with Crippen LogP contribution in [-0.4, -0.2) is 26.9 Å². The van der Waals surface area contributed by atoms with Gasteiger partial charge in [0.1, 0.15) is 0 Å². The Morgan fingerprint density at radius 2 is 1.89 bits per heavy atom. The summed E-state index contributed by atoms with van der Waals surface area (Å²) in [4.78, 5) is 13.4. The molecule has 3 aromatic heterocycles. The summed E-state index contributed by atoms with van der Waals surface area (Å²) in [5.41, 5.74) is 8.16. The summed E-state index contributed by atoms with van der Waals surface area (Å²) < 4.78 is 2.14. The molecule has 140 valence electrons. The first-order chi connectivity index (χ1) is 13.6. The largest absolute Gasteiger partial charge is 0.319 e. The second kappa shape index (κ2) is 7.66. The number of H-pyrrole nitrogens is 1. The van der Waals surface area contributed by atoms with Gasteiger partial charge in [-0.25, -0.2) is 5.43 Å². The number of hydrogen-bond donors (Lipinski definition) is 2. The van der Waals surface area contributed by atoms with Gasteiger partial charge in [0, 0.05) is 28.2 Å². The predicted octanol–water partition coefficient (Wildman–Crippen LogP) is 4.31. The molecule has 28 heavy (non-hydrogen) atoms. The van der Waals surface area contributed by atoms with E-state index in [1.54, 1.807) is 35.9 Å².